The molecule has 154 valence electrons. The van der Waals surface area contributed by atoms with Crippen molar-refractivity contribution in [3.05, 3.63) is 104 Å². The lowest BCUT2D eigenvalue weighted by molar-refractivity contribution is -0.384. The highest BCUT2D eigenvalue weighted by Gasteiger charge is 2.20. The van der Waals surface area contributed by atoms with Crippen molar-refractivity contribution >= 4 is 28.3 Å². The van der Waals surface area contributed by atoms with Crippen LogP contribution in [0, 0.1) is 17.0 Å². The highest BCUT2D eigenvalue weighted by Crippen LogP contribution is 2.29. The molecule has 0 aliphatic heterocycles. The van der Waals surface area contributed by atoms with Gasteiger partial charge < -0.3 is 9.88 Å². The molecule has 0 aliphatic rings. The van der Waals surface area contributed by atoms with Crippen molar-refractivity contribution in [1.82, 2.24) is 4.57 Å². The molecular formula is C24H19N3O4. The number of nitrogens with zero attached hydrogens (tertiary/aromatic N) is 2. The molecule has 0 saturated carbocycles. The topological polar surface area (TPSA) is 94.2 Å². The van der Waals surface area contributed by atoms with E-state index in [0.29, 0.717) is 27.8 Å². The summed E-state index contributed by atoms with van der Waals surface area (Å²) in [7, 11) is 1.77. The Kier molecular flexibility index (Phi) is 5.09. The van der Waals surface area contributed by atoms with Crippen LogP contribution in [0.3, 0.4) is 0 Å². The Balaban J connectivity index is 1.91. The van der Waals surface area contributed by atoms with Crippen LogP contribution in [0.25, 0.3) is 22.0 Å². The molecule has 4 rings (SSSR count). The molecule has 0 bridgehead atoms. The predicted molar refractivity (Wildman–Crippen MR) is 120 cm³/mol. The number of para-hydroxylation sites is 1. The fraction of sp³-hybridized carbons (Fsp3) is 0.0833. The van der Waals surface area contributed by atoms with Crippen molar-refractivity contribution in [2.24, 2.45) is 7.05 Å². The zero-order valence-corrected chi connectivity index (χ0v) is 17.0. The second-order valence-corrected chi connectivity index (χ2v) is 7.26. The molecule has 0 unspecified atom stereocenters. The van der Waals surface area contributed by atoms with E-state index in [-0.39, 0.29) is 16.7 Å². The second kappa shape index (κ2) is 7.87. The van der Waals surface area contributed by atoms with Gasteiger partial charge in [-0.2, -0.15) is 0 Å². The zero-order chi connectivity index (χ0) is 22.1. The normalized spacial score (nSPS) is 10.8. The Hall–Kier alpha value is -4.26. The summed E-state index contributed by atoms with van der Waals surface area (Å²) in [5.74, 6) is -0.216. The van der Waals surface area contributed by atoms with E-state index in [1.807, 2.05) is 37.3 Å². The number of carbonyl (C=O) groups excluding carboxylic acids is 1. The summed E-state index contributed by atoms with van der Waals surface area (Å²) in [5.41, 5.74) is 2.49. The van der Waals surface area contributed by atoms with Gasteiger partial charge in [-0.05, 0) is 30.7 Å². The molecule has 1 heterocycles. The van der Waals surface area contributed by atoms with Crippen LogP contribution in [0.5, 0.6) is 0 Å². The zero-order valence-electron chi connectivity index (χ0n) is 17.0. The number of fused-ring (bicyclic) bond motifs is 1. The minimum absolute atomic E-state index is 0.129. The van der Waals surface area contributed by atoms with Gasteiger partial charge in [0.1, 0.15) is 5.82 Å². The van der Waals surface area contributed by atoms with E-state index in [0.717, 1.165) is 5.56 Å². The van der Waals surface area contributed by atoms with Crippen LogP contribution in [0.2, 0.25) is 0 Å². The summed E-state index contributed by atoms with van der Waals surface area (Å²) in [4.78, 5) is 36.9. The van der Waals surface area contributed by atoms with Crippen LogP contribution in [0.15, 0.2) is 77.6 Å². The fourth-order valence-electron chi connectivity index (χ4n) is 3.56. The number of aryl methyl sites for hydroxylation is 2. The van der Waals surface area contributed by atoms with Gasteiger partial charge in [0.2, 0.25) is 0 Å². The first-order valence-electron chi connectivity index (χ1n) is 9.61. The number of nitrogens with one attached hydrogen (secondary N) is 1. The fourth-order valence-corrected chi connectivity index (χ4v) is 3.56. The first-order valence-corrected chi connectivity index (χ1v) is 9.61. The number of amides is 1. The molecule has 31 heavy (non-hydrogen) atoms. The third-order valence-electron chi connectivity index (χ3n) is 5.20. The third-order valence-corrected chi connectivity index (χ3v) is 5.20. The van der Waals surface area contributed by atoms with Crippen LogP contribution >= 0.6 is 0 Å². The van der Waals surface area contributed by atoms with E-state index < -0.39 is 10.8 Å². The molecular weight excluding hydrogens is 394 g/mol. The van der Waals surface area contributed by atoms with Crippen molar-refractivity contribution in [2.45, 2.75) is 6.92 Å². The van der Waals surface area contributed by atoms with Gasteiger partial charge in [-0.3, -0.25) is 19.7 Å². The third kappa shape index (κ3) is 3.69. The van der Waals surface area contributed by atoms with E-state index in [1.54, 1.807) is 29.8 Å². The van der Waals surface area contributed by atoms with Gasteiger partial charge in [-0.25, -0.2) is 0 Å². The number of nitro groups is 1. The number of hydrogen-bond acceptors (Lipinski definition) is 4. The lowest BCUT2D eigenvalue weighted by Gasteiger charge is -2.18. The van der Waals surface area contributed by atoms with E-state index in [9.17, 15) is 19.7 Å². The summed E-state index contributed by atoms with van der Waals surface area (Å²) in [6, 6.07) is 20.1. The van der Waals surface area contributed by atoms with Gasteiger partial charge in [0, 0.05) is 30.1 Å². The van der Waals surface area contributed by atoms with Crippen molar-refractivity contribution < 1.29 is 9.72 Å². The quantitative estimate of drug-likeness (QED) is 0.388. The Morgan fingerprint density at radius 1 is 1.00 bits per heavy atom. The highest BCUT2D eigenvalue weighted by molar-refractivity contribution is 6.07. The molecule has 3 aromatic carbocycles. The van der Waals surface area contributed by atoms with Crippen molar-refractivity contribution in [3.8, 4) is 11.1 Å². The van der Waals surface area contributed by atoms with Gasteiger partial charge >= 0.3 is 0 Å². The summed E-state index contributed by atoms with van der Waals surface area (Å²) < 4.78 is 1.75. The van der Waals surface area contributed by atoms with Crippen LogP contribution in [-0.2, 0) is 7.05 Å². The average Bonchev–Trinajstić information content (AvgIpc) is 2.78. The molecule has 0 fully saturated rings. The average molecular weight is 413 g/mol. The number of aromatic nitrogens is 1. The van der Waals surface area contributed by atoms with Crippen LogP contribution in [-0.4, -0.2) is 15.4 Å². The first kappa shape index (κ1) is 20.0. The van der Waals surface area contributed by atoms with E-state index in [1.165, 1.54) is 24.3 Å². The van der Waals surface area contributed by atoms with E-state index in [2.05, 4.69) is 5.32 Å². The molecule has 0 atom stereocenters. The lowest BCUT2D eigenvalue weighted by atomic mass is 10.0. The number of hydrogen-bond donors (Lipinski definition) is 1. The number of non-ortho nitro benzene ring substituents is 1. The van der Waals surface area contributed by atoms with Crippen LogP contribution < -0.4 is 10.7 Å². The molecule has 7 heteroatoms. The maximum atomic E-state index is 13.4. The molecule has 0 spiro atoms. The van der Waals surface area contributed by atoms with Crippen LogP contribution in [0.4, 0.5) is 11.5 Å². The van der Waals surface area contributed by atoms with Crippen molar-refractivity contribution in [1.29, 1.82) is 0 Å². The summed E-state index contributed by atoms with van der Waals surface area (Å²) in [5, 5.41) is 14.4. The summed E-state index contributed by atoms with van der Waals surface area (Å²) in [6.07, 6.45) is 0. The number of carbonyl (C=O) groups is 1. The van der Waals surface area contributed by atoms with Gasteiger partial charge in [-0.15, -0.1) is 0 Å². The van der Waals surface area contributed by atoms with Gasteiger partial charge in [0.25, 0.3) is 11.6 Å². The molecule has 0 saturated heterocycles. The summed E-state index contributed by atoms with van der Waals surface area (Å²) >= 11 is 0. The predicted octanol–water partition coefficient (Wildman–Crippen LogP) is 4.67. The first-order chi connectivity index (χ1) is 14.9. The lowest BCUT2D eigenvalue weighted by Crippen LogP contribution is -2.21. The molecule has 7 nitrogen and oxygen atoms in total. The Morgan fingerprint density at radius 2 is 1.71 bits per heavy atom. The molecule has 4 aromatic rings. The number of rotatable bonds is 4. The number of pyridine rings is 1. The molecule has 1 aromatic heterocycles. The van der Waals surface area contributed by atoms with Crippen molar-refractivity contribution in [2.75, 3.05) is 5.32 Å². The molecule has 1 N–H and O–H groups in total. The SMILES string of the molecule is Cc1ccc(-c2c(NC(=O)c3cccc([N+](=O)[O-])c3)n(C)c3ccccc3c2=O)cc1. The Labute approximate surface area is 177 Å². The largest absolute Gasteiger partial charge is 0.330 e. The van der Waals surface area contributed by atoms with Gasteiger partial charge in [0.15, 0.2) is 5.43 Å². The minimum atomic E-state index is -0.555. The molecule has 1 amide bonds. The Bertz CT molecular complexity index is 1390. The maximum Gasteiger partial charge on any atom is 0.270 e. The number of anilines is 1. The maximum absolute atomic E-state index is 13.4. The highest BCUT2D eigenvalue weighted by atomic mass is 16.6. The van der Waals surface area contributed by atoms with E-state index in [4.69, 9.17) is 0 Å². The second-order valence-electron chi connectivity index (χ2n) is 7.26. The minimum Gasteiger partial charge on any atom is -0.330 e. The monoisotopic (exact) mass is 413 g/mol. The molecule has 0 radical (unpaired) electrons. The molecule has 0 aliphatic carbocycles. The van der Waals surface area contributed by atoms with Gasteiger partial charge in [-0.1, -0.05) is 48.0 Å². The Morgan fingerprint density at radius 3 is 2.42 bits per heavy atom. The van der Waals surface area contributed by atoms with E-state index >= 15 is 0 Å². The van der Waals surface area contributed by atoms with Gasteiger partial charge in [0.05, 0.1) is 16.0 Å². The number of benzene rings is 3. The standard InChI is InChI=1S/C24H19N3O4/c1-15-10-12-16(13-11-15)21-22(28)19-8-3-4-9-20(19)26(2)23(21)25-24(29)17-6-5-7-18(14-17)27(30)31/h3-14H,1-2H3,(H,25,29). The van der Waals surface area contributed by atoms with Crippen LogP contribution in [0.1, 0.15) is 15.9 Å². The summed E-state index contributed by atoms with van der Waals surface area (Å²) in [6.45, 7) is 1.95. The number of nitro benzene ring substituents is 1. The van der Waals surface area contributed by atoms with Crippen molar-refractivity contribution in [3.63, 3.8) is 0 Å². The smallest absolute Gasteiger partial charge is 0.270 e.